The second-order valence-corrected chi connectivity index (χ2v) is 7.97. The maximum Gasteiger partial charge on any atom is 0.0471 e. The molecule has 2 heteroatoms. The third-order valence-electron chi connectivity index (χ3n) is 7.39. The number of fused-ring (bicyclic) bond motifs is 1. The van der Waals surface area contributed by atoms with Crippen LogP contribution in [0.3, 0.4) is 0 Å². The standard InChI is InChI=1S/C17H28O2/c1-11-5-6-17-12(7-11)8-16(4,15(17,2)3)13(9-18)14(17)10-19/h8,11,13-14,18-19H,5-7,9-10H2,1-4H3/t11-,13+,14-,16-,17-/m1/s1. The molecular formula is C17H28O2. The number of hydrogen-bond donors (Lipinski definition) is 2. The summed E-state index contributed by atoms with van der Waals surface area (Å²) < 4.78 is 0. The van der Waals surface area contributed by atoms with Crippen LogP contribution in [0, 0.1) is 34.0 Å². The van der Waals surface area contributed by atoms with E-state index in [1.807, 2.05) is 0 Å². The van der Waals surface area contributed by atoms with Gasteiger partial charge in [0, 0.05) is 18.6 Å². The van der Waals surface area contributed by atoms with Gasteiger partial charge in [0.25, 0.3) is 0 Å². The van der Waals surface area contributed by atoms with Crippen LogP contribution in [0.4, 0.5) is 0 Å². The summed E-state index contributed by atoms with van der Waals surface area (Å²) in [7, 11) is 0. The van der Waals surface area contributed by atoms with Crippen LogP contribution >= 0.6 is 0 Å². The molecule has 0 aliphatic heterocycles. The first-order chi connectivity index (χ1) is 8.85. The fraction of sp³-hybridized carbons (Fsp3) is 0.882. The Bertz CT molecular complexity index is 425. The molecule has 0 aromatic carbocycles. The molecule has 0 heterocycles. The Morgan fingerprint density at radius 1 is 1.16 bits per heavy atom. The van der Waals surface area contributed by atoms with Gasteiger partial charge < -0.3 is 10.2 Å². The van der Waals surface area contributed by atoms with Crippen LogP contribution in [0.25, 0.3) is 0 Å². The Morgan fingerprint density at radius 2 is 1.79 bits per heavy atom. The first-order valence-electron chi connectivity index (χ1n) is 7.79. The monoisotopic (exact) mass is 264 g/mol. The Hall–Kier alpha value is -0.340. The molecule has 3 aliphatic carbocycles. The van der Waals surface area contributed by atoms with Crippen molar-refractivity contribution in [1.82, 2.24) is 0 Å². The van der Waals surface area contributed by atoms with Crippen LogP contribution in [0.5, 0.6) is 0 Å². The molecule has 0 radical (unpaired) electrons. The van der Waals surface area contributed by atoms with Gasteiger partial charge in [0.15, 0.2) is 0 Å². The van der Waals surface area contributed by atoms with E-state index in [-0.39, 0.29) is 41.3 Å². The molecule has 0 aromatic heterocycles. The van der Waals surface area contributed by atoms with Crippen molar-refractivity contribution in [2.45, 2.75) is 47.0 Å². The van der Waals surface area contributed by atoms with Crippen molar-refractivity contribution in [3.63, 3.8) is 0 Å². The average Bonchev–Trinajstić information content (AvgIpc) is 2.60. The summed E-state index contributed by atoms with van der Waals surface area (Å²) >= 11 is 0. The molecule has 108 valence electrons. The maximum atomic E-state index is 10.00. The largest absolute Gasteiger partial charge is 0.396 e. The van der Waals surface area contributed by atoms with Crippen molar-refractivity contribution in [1.29, 1.82) is 0 Å². The zero-order chi connectivity index (χ0) is 14.1. The SMILES string of the molecule is C[C@@H]1CC[C@@]23C(=C[C@](C)([C@@H](CO)[C@H]2CO)C3(C)C)C1. The molecule has 2 N–H and O–H groups in total. The van der Waals surface area contributed by atoms with Gasteiger partial charge in [-0.05, 0) is 47.8 Å². The van der Waals surface area contributed by atoms with Crippen LogP contribution in [-0.4, -0.2) is 23.4 Å². The topological polar surface area (TPSA) is 40.5 Å². The molecule has 0 saturated heterocycles. The Kier molecular flexibility index (Phi) is 2.77. The van der Waals surface area contributed by atoms with E-state index < -0.39 is 0 Å². The number of allylic oxidation sites excluding steroid dienone is 2. The summed E-state index contributed by atoms with van der Waals surface area (Å²) in [5, 5.41) is 19.9. The van der Waals surface area contributed by atoms with E-state index in [4.69, 9.17) is 0 Å². The molecule has 19 heavy (non-hydrogen) atoms. The summed E-state index contributed by atoms with van der Waals surface area (Å²) in [5.41, 5.74) is 1.91. The van der Waals surface area contributed by atoms with Gasteiger partial charge in [-0.15, -0.1) is 0 Å². The lowest BCUT2D eigenvalue weighted by Crippen LogP contribution is -2.43. The van der Waals surface area contributed by atoms with Crippen molar-refractivity contribution in [2.75, 3.05) is 13.2 Å². The third kappa shape index (κ3) is 1.26. The van der Waals surface area contributed by atoms with Crippen LogP contribution in [0.2, 0.25) is 0 Å². The van der Waals surface area contributed by atoms with E-state index >= 15 is 0 Å². The highest BCUT2D eigenvalue weighted by molar-refractivity contribution is 5.41. The van der Waals surface area contributed by atoms with Gasteiger partial charge in [-0.2, -0.15) is 0 Å². The first kappa shape index (κ1) is 13.6. The van der Waals surface area contributed by atoms with Crippen molar-refractivity contribution < 1.29 is 10.2 Å². The van der Waals surface area contributed by atoms with E-state index in [9.17, 15) is 10.2 Å². The van der Waals surface area contributed by atoms with Crippen LogP contribution in [0.15, 0.2) is 11.6 Å². The molecule has 5 atom stereocenters. The smallest absolute Gasteiger partial charge is 0.0471 e. The molecule has 0 amide bonds. The fourth-order valence-electron chi connectivity index (χ4n) is 6.04. The second-order valence-electron chi connectivity index (χ2n) is 7.97. The number of aliphatic hydroxyl groups excluding tert-OH is 2. The zero-order valence-corrected chi connectivity index (χ0v) is 12.7. The van der Waals surface area contributed by atoms with E-state index in [2.05, 4.69) is 33.8 Å². The molecule has 2 nitrogen and oxygen atoms in total. The Labute approximate surface area is 116 Å². The van der Waals surface area contributed by atoms with Crippen molar-refractivity contribution in [3.8, 4) is 0 Å². The minimum atomic E-state index is 0.0363. The Morgan fingerprint density at radius 3 is 2.37 bits per heavy atom. The van der Waals surface area contributed by atoms with Gasteiger partial charge in [0.1, 0.15) is 0 Å². The molecular weight excluding hydrogens is 236 g/mol. The lowest BCUT2D eigenvalue weighted by Gasteiger charge is -2.49. The minimum absolute atomic E-state index is 0.0363. The molecule has 2 bridgehead atoms. The van der Waals surface area contributed by atoms with Gasteiger partial charge in [0.05, 0.1) is 0 Å². The van der Waals surface area contributed by atoms with Crippen LogP contribution in [-0.2, 0) is 0 Å². The first-order valence-corrected chi connectivity index (χ1v) is 7.79. The molecule has 3 aliphatic rings. The third-order valence-corrected chi connectivity index (χ3v) is 7.39. The van der Waals surface area contributed by atoms with Crippen molar-refractivity contribution in [2.24, 2.45) is 34.0 Å². The van der Waals surface area contributed by atoms with Gasteiger partial charge in [-0.25, -0.2) is 0 Å². The van der Waals surface area contributed by atoms with Crippen LogP contribution in [0.1, 0.15) is 47.0 Å². The normalized spacial score (nSPS) is 51.1. The molecule has 3 rings (SSSR count). The average molecular weight is 264 g/mol. The van der Waals surface area contributed by atoms with E-state index in [1.165, 1.54) is 19.3 Å². The van der Waals surface area contributed by atoms with Gasteiger partial charge in [0.2, 0.25) is 0 Å². The molecule has 2 fully saturated rings. The molecule has 1 spiro atoms. The Balaban J connectivity index is 2.17. The van der Waals surface area contributed by atoms with Crippen molar-refractivity contribution >= 4 is 0 Å². The van der Waals surface area contributed by atoms with Crippen LogP contribution < -0.4 is 0 Å². The zero-order valence-electron chi connectivity index (χ0n) is 12.7. The molecule has 0 unspecified atom stereocenters. The number of aliphatic hydroxyl groups is 2. The van der Waals surface area contributed by atoms with E-state index in [0.29, 0.717) is 0 Å². The summed E-state index contributed by atoms with van der Waals surface area (Å²) in [6.07, 6.45) is 6.11. The lowest BCUT2D eigenvalue weighted by molar-refractivity contribution is 0.0214. The quantitative estimate of drug-likeness (QED) is 0.753. The van der Waals surface area contributed by atoms with Gasteiger partial charge >= 0.3 is 0 Å². The second kappa shape index (κ2) is 3.85. The summed E-state index contributed by atoms with van der Waals surface area (Å²) in [6.45, 7) is 9.80. The van der Waals surface area contributed by atoms with E-state index in [1.54, 1.807) is 5.57 Å². The maximum absolute atomic E-state index is 10.00. The fourth-order valence-corrected chi connectivity index (χ4v) is 6.04. The lowest BCUT2D eigenvalue weighted by atomic mass is 9.55. The molecule has 2 saturated carbocycles. The predicted molar refractivity (Wildman–Crippen MR) is 76.6 cm³/mol. The van der Waals surface area contributed by atoms with Gasteiger partial charge in [-0.3, -0.25) is 0 Å². The highest BCUT2D eigenvalue weighted by Gasteiger charge is 2.73. The van der Waals surface area contributed by atoms with Gasteiger partial charge in [-0.1, -0.05) is 39.3 Å². The minimum Gasteiger partial charge on any atom is -0.396 e. The number of hydrogen-bond acceptors (Lipinski definition) is 2. The summed E-state index contributed by atoms with van der Waals surface area (Å²) in [4.78, 5) is 0. The summed E-state index contributed by atoms with van der Waals surface area (Å²) in [5.74, 6) is 1.22. The summed E-state index contributed by atoms with van der Waals surface area (Å²) in [6, 6.07) is 0. The van der Waals surface area contributed by atoms with E-state index in [0.717, 1.165) is 5.92 Å². The molecule has 0 aromatic rings. The van der Waals surface area contributed by atoms with Crippen molar-refractivity contribution in [3.05, 3.63) is 11.6 Å². The highest BCUT2D eigenvalue weighted by atomic mass is 16.3. The highest BCUT2D eigenvalue weighted by Crippen LogP contribution is 2.78. The predicted octanol–water partition coefficient (Wildman–Crippen LogP) is 3.00. The number of rotatable bonds is 2.